The van der Waals surface area contributed by atoms with Crippen LogP contribution in [0.15, 0.2) is 30.3 Å². The monoisotopic (exact) mass is 333 g/mol. The smallest absolute Gasteiger partial charge is 0.411 e. The second kappa shape index (κ2) is 7.24. The Morgan fingerprint density at radius 2 is 1.88 bits per heavy atom. The number of hydrogen-bond acceptors (Lipinski definition) is 4. The molecule has 24 heavy (non-hydrogen) atoms. The standard InChI is InChI=1S/C19H27NO4/c1-5-23-16(21)19(14-15-10-7-6-8-11-15)12-9-13-20(19)17(22)24-18(2,3)4/h6-8,10-11H,5,9,12-14H2,1-4H3. The van der Waals surface area contributed by atoms with Crippen LogP contribution in [0.2, 0.25) is 0 Å². The van der Waals surface area contributed by atoms with Gasteiger partial charge in [0.25, 0.3) is 0 Å². The van der Waals surface area contributed by atoms with Crippen molar-refractivity contribution >= 4 is 12.1 Å². The van der Waals surface area contributed by atoms with Crippen LogP contribution < -0.4 is 0 Å². The third-order valence-electron chi connectivity index (χ3n) is 4.10. The van der Waals surface area contributed by atoms with E-state index < -0.39 is 17.2 Å². The first kappa shape index (κ1) is 18.3. The zero-order chi connectivity index (χ0) is 17.8. The average molecular weight is 333 g/mol. The van der Waals surface area contributed by atoms with Crippen LogP contribution in [0.5, 0.6) is 0 Å². The van der Waals surface area contributed by atoms with Crippen LogP contribution in [0.4, 0.5) is 4.79 Å². The Morgan fingerprint density at radius 3 is 2.46 bits per heavy atom. The molecular formula is C19H27NO4. The Labute approximate surface area is 143 Å². The van der Waals surface area contributed by atoms with E-state index in [9.17, 15) is 9.59 Å². The number of hydrogen-bond donors (Lipinski definition) is 0. The van der Waals surface area contributed by atoms with E-state index in [2.05, 4.69) is 0 Å². The molecule has 0 saturated carbocycles. The lowest BCUT2D eigenvalue weighted by Crippen LogP contribution is -2.56. The summed E-state index contributed by atoms with van der Waals surface area (Å²) >= 11 is 0. The minimum atomic E-state index is -0.986. The van der Waals surface area contributed by atoms with Gasteiger partial charge in [-0.05, 0) is 46.1 Å². The van der Waals surface area contributed by atoms with E-state index in [1.54, 1.807) is 11.8 Å². The van der Waals surface area contributed by atoms with Crippen molar-refractivity contribution in [3.8, 4) is 0 Å². The molecule has 1 fully saturated rings. The number of rotatable bonds is 4. The summed E-state index contributed by atoms with van der Waals surface area (Å²) in [6.07, 6.45) is 1.32. The predicted molar refractivity (Wildman–Crippen MR) is 91.7 cm³/mol. The fourth-order valence-electron chi connectivity index (χ4n) is 3.13. The van der Waals surface area contributed by atoms with Gasteiger partial charge >= 0.3 is 12.1 Å². The van der Waals surface area contributed by atoms with Crippen molar-refractivity contribution < 1.29 is 19.1 Å². The summed E-state index contributed by atoms with van der Waals surface area (Å²) in [4.78, 5) is 27.0. The molecule has 5 nitrogen and oxygen atoms in total. The van der Waals surface area contributed by atoms with Crippen molar-refractivity contribution in [2.24, 2.45) is 0 Å². The Kier molecular flexibility index (Phi) is 5.52. The SMILES string of the molecule is CCOC(=O)C1(Cc2ccccc2)CCCN1C(=O)OC(C)(C)C. The topological polar surface area (TPSA) is 55.8 Å². The molecule has 1 unspecified atom stereocenters. The van der Waals surface area contributed by atoms with E-state index >= 15 is 0 Å². The molecule has 0 N–H and O–H groups in total. The Bertz CT molecular complexity index is 579. The second-order valence-electron chi connectivity index (χ2n) is 7.15. The van der Waals surface area contributed by atoms with Crippen molar-refractivity contribution in [2.45, 2.75) is 58.1 Å². The second-order valence-corrected chi connectivity index (χ2v) is 7.15. The van der Waals surface area contributed by atoms with E-state index in [0.717, 1.165) is 12.0 Å². The van der Waals surface area contributed by atoms with Gasteiger partial charge in [0, 0.05) is 13.0 Å². The molecule has 1 heterocycles. The molecule has 132 valence electrons. The Hall–Kier alpha value is -2.04. The van der Waals surface area contributed by atoms with Gasteiger partial charge in [-0.2, -0.15) is 0 Å². The molecule has 0 aliphatic carbocycles. The van der Waals surface area contributed by atoms with Gasteiger partial charge in [-0.3, -0.25) is 4.90 Å². The van der Waals surface area contributed by atoms with Gasteiger partial charge in [-0.15, -0.1) is 0 Å². The summed E-state index contributed by atoms with van der Waals surface area (Å²) in [5, 5.41) is 0. The third kappa shape index (κ3) is 4.08. The van der Waals surface area contributed by atoms with Crippen LogP contribution in [0, 0.1) is 0 Å². The van der Waals surface area contributed by atoms with E-state index in [-0.39, 0.29) is 12.6 Å². The van der Waals surface area contributed by atoms with Gasteiger partial charge in [0.2, 0.25) is 0 Å². The zero-order valence-electron chi connectivity index (χ0n) is 15.0. The molecule has 1 atom stereocenters. The molecule has 0 spiro atoms. The third-order valence-corrected chi connectivity index (χ3v) is 4.10. The van der Waals surface area contributed by atoms with Crippen molar-refractivity contribution in [1.82, 2.24) is 4.90 Å². The van der Waals surface area contributed by atoms with Crippen molar-refractivity contribution in [2.75, 3.05) is 13.2 Å². The summed E-state index contributed by atoms with van der Waals surface area (Å²) in [7, 11) is 0. The highest BCUT2D eigenvalue weighted by Crippen LogP contribution is 2.35. The summed E-state index contributed by atoms with van der Waals surface area (Å²) < 4.78 is 10.8. The first-order valence-electron chi connectivity index (χ1n) is 8.50. The number of carbonyl (C=O) groups is 2. The summed E-state index contributed by atoms with van der Waals surface area (Å²) in [5.41, 5.74) is -0.590. The molecule has 0 bridgehead atoms. The molecule has 0 radical (unpaired) electrons. The lowest BCUT2D eigenvalue weighted by molar-refractivity contribution is -0.155. The van der Waals surface area contributed by atoms with Crippen molar-refractivity contribution in [3.63, 3.8) is 0 Å². The van der Waals surface area contributed by atoms with E-state index in [0.29, 0.717) is 19.4 Å². The lowest BCUT2D eigenvalue weighted by Gasteiger charge is -2.37. The Balaban J connectivity index is 2.33. The predicted octanol–water partition coefficient (Wildman–Crippen LogP) is 3.56. The summed E-state index contributed by atoms with van der Waals surface area (Å²) in [6.45, 7) is 8.04. The number of ether oxygens (including phenoxy) is 2. The number of nitrogens with zero attached hydrogens (tertiary/aromatic N) is 1. The number of carbonyl (C=O) groups excluding carboxylic acids is 2. The highest BCUT2D eigenvalue weighted by atomic mass is 16.6. The molecule has 1 aliphatic heterocycles. The first-order valence-corrected chi connectivity index (χ1v) is 8.50. The van der Waals surface area contributed by atoms with Crippen LogP contribution in [-0.2, 0) is 20.7 Å². The maximum Gasteiger partial charge on any atom is 0.411 e. The molecule has 2 rings (SSSR count). The molecule has 0 aromatic heterocycles. The number of likely N-dealkylation sites (tertiary alicyclic amines) is 1. The van der Waals surface area contributed by atoms with Crippen molar-refractivity contribution in [1.29, 1.82) is 0 Å². The molecule has 1 aromatic carbocycles. The summed E-state index contributed by atoms with van der Waals surface area (Å²) in [6, 6.07) is 9.72. The molecule has 1 saturated heterocycles. The fourth-order valence-corrected chi connectivity index (χ4v) is 3.13. The lowest BCUT2D eigenvalue weighted by atomic mass is 9.88. The number of esters is 1. The van der Waals surface area contributed by atoms with Gasteiger partial charge in [0.15, 0.2) is 0 Å². The van der Waals surface area contributed by atoms with Crippen LogP contribution in [-0.4, -0.2) is 41.3 Å². The van der Waals surface area contributed by atoms with Gasteiger partial charge in [-0.1, -0.05) is 30.3 Å². The van der Waals surface area contributed by atoms with E-state index in [4.69, 9.17) is 9.47 Å². The first-order chi connectivity index (χ1) is 11.3. The maximum atomic E-state index is 12.8. The van der Waals surface area contributed by atoms with Gasteiger partial charge in [0.1, 0.15) is 11.1 Å². The minimum absolute atomic E-state index is 0.289. The van der Waals surface area contributed by atoms with Gasteiger partial charge in [0.05, 0.1) is 6.61 Å². The Morgan fingerprint density at radius 1 is 1.21 bits per heavy atom. The van der Waals surface area contributed by atoms with Crippen LogP contribution >= 0.6 is 0 Å². The van der Waals surface area contributed by atoms with E-state index in [1.807, 2.05) is 51.1 Å². The molecule has 1 amide bonds. The zero-order valence-corrected chi connectivity index (χ0v) is 15.0. The molecule has 1 aromatic rings. The fraction of sp³-hybridized carbons (Fsp3) is 0.579. The van der Waals surface area contributed by atoms with Crippen LogP contribution in [0.25, 0.3) is 0 Å². The van der Waals surface area contributed by atoms with Gasteiger partial charge < -0.3 is 9.47 Å². The largest absolute Gasteiger partial charge is 0.464 e. The minimum Gasteiger partial charge on any atom is -0.464 e. The van der Waals surface area contributed by atoms with Gasteiger partial charge in [-0.25, -0.2) is 9.59 Å². The summed E-state index contributed by atoms with van der Waals surface area (Å²) in [5.74, 6) is -0.350. The quantitative estimate of drug-likeness (QED) is 0.791. The number of benzene rings is 1. The highest BCUT2D eigenvalue weighted by Gasteiger charge is 2.52. The van der Waals surface area contributed by atoms with E-state index in [1.165, 1.54) is 0 Å². The molecule has 5 heteroatoms. The molecular weight excluding hydrogens is 306 g/mol. The normalized spacial score (nSPS) is 20.8. The van der Waals surface area contributed by atoms with Crippen LogP contribution in [0.3, 0.4) is 0 Å². The molecule has 1 aliphatic rings. The maximum absolute atomic E-state index is 12.8. The average Bonchev–Trinajstić information content (AvgIpc) is 2.92. The highest BCUT2D eigenvalue weighted by molar-refractivity contribution is 5.87. The van der Waals surface area contributed by atoms with Crippen LogP contribution in [0.1, 0.15) is 46.1 Å². The number of amides is 1. The van der Waals surface area contributed by atoms with Crippen molar-refractivity contribution in [3.05, 3.63) is 35.9 Å².